The number of ether oxygens (including phenoxy) is 2. The van der Waals surface area contributed by atoms with Gasteiger partial charge in [-0.1, -0.05) is 80.8 Å². The van der Waals surface area contributed by atoms with Gasteiger partial charge in [0, 0.05) is 19.0 Å². The molecule has 7 atom stereocenters. The number of carbonyl (C=O) groups is 4. The quantitative estimate of drug-likeness (QED) is 0.391. The topological polar surface area (TPSA) is 125 Å². The van der Waals surface area contributed by atoms with E-state index in [1.165, 1.54) is 4.90 Å². The number of benzene rings is 1. The average molecular weight is 606 g/mol. The van der Waals surface area contributed by atoms with Gasteiger partial charge in [-0.2, -0.15) is 0 Å². The Kier molecular flexibility index (Phi) is 8.91. The van der Waals surface area contributed by atoms with Crippen LogP contribution < -0.4 is 5.32 Å². The average Bonchev–Trinajstić information content (AvgIpc) is 3.43. The van der Waals surface area contributed by atoms with Crippen molar-refractivity contribution in [2.75, 3.05) is 19.8 Å². The Morgan fingerprint density at radius 1 is 1.05 bits per heavy atom. The van der Waals surface area contributed by atoms with Crippen LogP contribution in [0.3, 0.4) is 0 Å². The van der Waals surface area contributed by atoms with Gasteiger partial charge in [-0.15, -0.1) is 0 Å². The SMILES string of the molecule is CC[C@@H](CO)N1C(=O)[C@H]2[C@@H]3C(=O)N[C@@H](c4ccccc4)COC(=O)CC/C=C\[C@@H]3O[C@]23C=CCN(C2CCCCC2)C(=O)[C@H]13. The fraction of sp³-hybridized carbons (Fsp3) is 0.588. The van der Waals surface area contributed by atoms with Crippen LogP contribution in [0.1, 0.15) is 69.9 Å². The molecule has 3 fully saturated rings. The molecule has 1 aromatic rings. The summed E-state index contributed by atoms with van der Waals surface area (Å²) in [6.45, 7) is 1.93. The first-order valence-corrected chi connectivity index (χ1v) is 16.2. The number of aliphatic hydroxyl groups is 1. The van der Waals surface area contributed by atoms with E-state index in [1.807, 2.05) is 54.3 Å². The molecule has 10 nitrogen and oxygen atoms in total. The number of hydrogen-bond donors (Lipinski definition) is 2. The minimum Gasteiger partial charge on any atom is -0.463 e. The molecule has 0 radical (unpaired) electrons. The smallest absolute Gasteiger partial charge is 0.306 e. The standard InChI is InChI=1S/C34H43N3O7/c1-2-23(20-38)37-30-33(42)36(24-14-7-4-8-15-24)19-11-18-34(30)29(32(37)41)28-26(44-34)16-9-10-17-27(39)43-21-25(35-31(28)40)22-12-5-3-6-13-22/h3,5-6,9,11-13,16,18,23-26,28-30,38H,2,4,7-8,10,14-15,17,19-21H2,1H3,(H,35,40)/b16-9-/t23-,25+,26-,28+,29+,30-,34+/m0/s1. The number of fused-ring (bicyclic) bond motifs is 2. The Hall–Kier alpha value is -3.50. The van der Waals surface area contributed by atoms with Crippen molar-refractivity contribution in [2.45, 2.75) is 94.2 Å². The number of allylic oxidation sites excluding steroid dienone is 1. The number of aliphatic hydroxyl groups excluding tert-OH is 1. The number of carbonyl (C=O) groups excluding carboxylic acids is 4. The lowest BCUT2D eigenvalue weighted by Gasteiger charge is -2.41. The molecule has 236 valence electrons. The molecule has 10 heteroatoms. The maximum Gasteiger partial charge on any atom is 0.306 e. The van der Waals surface area contributed by atoms with Crippen LogP contribution in [0.5, 0.6) is 0 Å². The summed E-state index contributed by atoms with van der Waals surface area (Å²) in [5, 5.41) is 13.5. The van der Waals surface area contributed by atoms with Gasteiger partial charge >= 0.3 is 5.97 Å². The van der Waals surface area contributed by atoms with E-state index in [9.17, 15) is 24.3 Å². The zero-order valence-corrected chi connectivity index (χ0v) is 25.3. The number of likely N-dealkylation sites (tertiary alicyclic amines) is 1. The fourth-order valence-corrected chi connectivity index (χ4v) is 7.92. The minimum absolute atomic E-state index is 0.0494. The Morgan fingerprint density at radius 2 is 1.82 bits per heavy atom. The summed E-state index contributed by atoms with van der Waals surface area (Å²) >= 11 is 0. The normalized spacial score (nSPS) is 34.5. The highest BCUT2D eigenvalue weighted by Gasteiger charge is 2.72. The fourth-order valence-electron chi connectivity index (χ4n) is 7.92. The Balaban J connectivity index is 1.42. The molecule has 6 rings (SSSR count). The first-order chi connectivity index (χ1) is 21.4. The summed E-state index contributed by atoms with van der Waals surface area (Å²) in [5.41, 5.74) is -0.617. The Labute approximate surface area is 258 Å². The van der Waals surface area contributed by atoms with Gasteiger partial charge < -0.3 is 29.7 Å². The van der Waals surface area contributed by atoms with Crippen LogP contribution in [0.15, 0.2) is 54.6 Å². The van der Waals surface area contributed by atoms with Gasteiger partial charge in [0.2, 0.25) is 17.7 Å². The Bertz CT molecular complexity index is 1300. The molecule has 1 aliphatic carbocycles. The summed E-state index contributed by atoms with van der Waals surface area (Å²) in [6.07, 6.45) is 12.6. The molecule has 0 unspecified atom stereocenters. The molecule has 2 saturated heterocycles. The van der Waals surface area contributed by atoms with Crippen LogP contribution in [0.25, 0.3) is 0 Å². The second kappa shape index (κ2) is 12.9. The zero-order valence-electron chi connectivity index (χ0n) is 25.3. The van der Waals surface area contributed by atoms with Gasteiger partial charge in [0.15, 0.2) is 0 Å². The third-order valence-electron chi connectivity index (χ3n) is 10.1. The molecule has 5 aliphatic rings. The predicted octanol–water partition coefficient (Wildman–Crippen LogP) is 2.82. The summed E-state index contributed by atoms with van der Waals surface area (Å²) < 4.78 is 12.3. The highest BCUT2D eigenvalue weighted by molar-refractivity contribution is 6.00. The third kappa shape index (κ3) is 5.36. The zero-order chi connectivity index (χ0) is 30.8. The number of cyclic esters (lactones) is 1. The highest BCUT2D eigenvalue weighted by atomic mass is 16.5. The van der Waals surface area contributed by atoms with Gasteiger partial charge in [0.1, 0.15) is 18.2 Å². The lowest BCUT2D eigenvalue weighted by molar-refractivity contribution is -0.152. The van der Waals surface area contributed by atoms with E-state index in [4.69, 9.17) is 9.47 Å². The molecule has 4 aliphatic heterocycles. The van der Waals surface area contributed by atoms with Crippen LogP contribution in [0.4, 0.5) is 0 Å². The van der Waals surface area contributed by atoms with Gasteiger partial charge in [0.25, 0.3) is 0 Å². The van der Waals surface area contributed by atoms with Gasteiger partial charge in [-0.25, -0.2) is 0 Å². The van der Waals surface area contributed by atoms with Crippen molar-refractivity contribution >= 4 is 23.7 Å². The van der Waals surface area contributed by atoms with Crippen molar-refractivity contribution in [1.29, 1.82) is 0 Å². The van der Waals surface area contributed by atoms with E-state index in [0.717, 1.165) is 37.7 Å². The van der Waals surface area contributed by atoms with Crippen LogP contribution in [-0.4, -0.2) is 88.2 Å². The van der Waals surface area contributed by atoms with Crippen molar-refractivity contribution in [1.82, 2.24) is 15.1 Å². The number of amides is 3. The number of nitrogens with zero attached hydrogens (tertiary/aromatic N) is 2. The summed E-state index contributed by atoms with van der Waals surface area (Å²) in [5.74, 6) is -3.24. The minimum atomic E-state index is -1.38. The van der Waals surface area contributed by atoms with E-state index < -0.39 is 47.6 Å². The van der Waals surface area contributed by atoms with Crippen LogP contribution in [0, 0.1) is 11.8 Å². The highest BCUT2D eigenvalue weighted by Crippen LogP contribution is 2.53. The van der Waals surface area contributed by atoms with Crippen molar-refractivity contribution in [3.8, 4) is 0 Å². The van der Waals surface area contributed by atoms with E-state index in [0.29, 0.717) is 19.4 Å². The molecule has 1 aromatic carbocycles. The summed E-state index contributed by atoms with van der Waals surface area (Å²) in [4.78, 5) is 59.4. The number of nitrogens with one attached hydrogen (secondary N) is 1. The molecule has 1 saturated carbocycles. The van der Waals surface area contributed by atoms with Crippen molar-refractivity contribution in [3.63, 3.8) is 0 Å². The van der Waals surface area contributed by atoms with E-state index in [2.05, 4.69) is 5.32 Å². The van der Waals surface area contributed by atoms with Gasteiger partial charge in [0.05, 0.1) is 36.6 Å². The molecule has 3 amide bonds. The predicted molar refractivity (Wildman–Crippen MR) is 161 cm³/mol. The van der Waals surface area contributed by atoms with Crippen molar-refractivity contribution < 1.29 is 33.8 Å². The first-order valence-electron chi connectivity index (χ1n) is 16.2. The first kappa shape index (κ1) is 30.5. The molecular formula is C34H43N3O7. The monoisotopic (exact) mass is 605 g/mol. The van der Waals surface area contributed by atoms with Crippen LogP contribution >= 0.6 is 0 Å². The third-order valence-corrected chi connectivity index (χ3v) is 10.1. The van der Waals surface area contributed by atoms with E-state index >= 15 is 0 Å². The molecule has 2 N–H and O–H groups in total. The number of esters is 1. The maximum atomic E-state index is 14.6. The van der Waals surface area contributed by atoms with Crippen LogP contribution in [0.2, 0.25) is 0 Å². The van der Waals surface area contributed by atoms with Crippen molar-refractivity contribution in [2.24, 2.45) is 11.8 Å². The lowest BCUT2D eigenvalue weighted by atomic mass is 9.77. The maximum absolute atomic E-state index is 14.6. The van der Waals surface area contributed by atoms with E-state index in [1.54, 1.807) is 12.2 Å². The number of rotatable bonds is 5. The number of hydrogen-bond acceptors (Lipinski definition) is 7. The van der Waals surface area contributed by atoms with Gasteiger partial charge in [-0.3, -0.25) is 19.2 Å². The Morgan fingerprint density at radius 3 is 2.55 bits per heavy atom. The summed E-state index contributed by atoms with van der Waals surface area (Å²) in [6, 6.07) is 7.11. The summed E-state index contributed by atoms with van der Waals surface area (Å²) in [7, 11) is 0. The molecule has 4 heterocycles. The largest absolute Gasteiger partial charge is 0.463 e. The molecular weight excluding hydrogens is 562 g/mol. The molecule has 1 spiro atoms. The van der Waals surface area contributed by atoms with Crippen LogP contribution in [-0.2, 0) is 28.7 Å². The molecule has 0 aromatic heterocycles. The molecule has 0 bridgehead atoms. The second-order valence-electron chi connectivity index (χ2n) is 12.6. The second-order valence-corrected chi connectivity index (χ2v) is 12.6. The van der Waals surface area contributed by atoms with Crippen molar-refractivity contribution in [3.05, 3.63) is 60.2 Å². The lowest BCUT2D eigenvalue weighted by Crippen LogP contribution is -2.59. The molecule has 44 heavy (non-hydrogen) atoms. The van der Waals surface area contributed by atoms with E-state index in [-0.39, 0.29) is 43.5 Å². The van der Waals surface area contributed by atoms with Gasteiger partial charge in [-0.05, 0) is 31.2 Å².